The minimum Gasteiger partial charge on any atom is -0.361 e. The molecule has 2 rings (SSSR count). The normalized spacial score (nSPS) is 13.5. The fraction of sp³-hybridized carbons (Fsp3) is 0.200. The summed E-state index contributed by atoms with van der Waals surface area (Å²) in [5, 5.41) is 1.23. The first-order valence-corrected chi connectivity index (χ1v) is 4.10. The zero-order chi connectivity index (χ0) is 8.55. The molecular formula is C10H12N2. The van der Waals surface area contributed by atoms with Crippen LogP contribution in [-0.2, 0) is 0 Å². The number of rotatable bonds is 1. The van der Waals surface area contributed by atoms with Crippen LogP contribution >= 0.6 is 0 Å². The molecule has 0 bridgehead atoms. The number of fused-ring (bicyclic) bond motifs is 1. The molecule has 0 aliphatic heterocycles. The molecule has 12 heavy (non-hydrogen) atoms. The number of nitrogens with two attached hydrogens (primary N) is 1. The summed E-state index contributed by atoms with van der Waals surface area (Å²) in [7, 11) is 0. The van der Waals surface area contributed by atoms with Crippen molar-refractivity contribution in [1.82, 2.24) is 4.98 Å². The fourth-order valence-electron chi connectivity index (χ4n) is 1.51. The number of hydrogen-bond acceptors (Lipinski definition) is 1. The SMILES string of the molecule is C[C@@H](N)c1cccc2[nH]ccc12. The summed E-state index contributed by atoms with van der Waals surface area (Å²) >= 11 is 0. The molecule has 0 unspecified atom stereocenters. The lowest BCUT2D eigenvalue weighted by molar-refractivity contribution is 0.827. The fourth-order valence-corrected chi connectivity index (χ4v) is 1.51. The predicted octanol–water partition coefficient (Wildman–Crippen LogP) is 2.19. The van der Waals surface area contributed by atoms with Crippen LogP contribution in [0.5, 0.6) is 0 Å². The molecule has 62 valence electrons. The zero-order valence-electron chi connectivity index (χ0n) is 7.04. The molecule has 1 aromatic carbocycles. The van der Waals surface area contributed by atoms with Gasteiger partial charge in [-0.1, -0.05) is 12.1 Å². The summed E-state index contributed by atoms with van der Waals surface area (Å²) in [4.78, 5) is 3.16. The van der Waals surface area contributed by atoms with E-state index in [1.165, 1.54) is 10.9 Å². The van der Waals surface area contributed by atoms with E-state index in [1.54, 1.807) is 0 Å². The highest BCUT2D eigenvalue weighted by Crippen LogP contribution is 2.21. The molecule has 0 spiro atoms. The largest absolute Gasteiger partial charge is 0.361 e. The molecule has 2 heteroatoms. The van der Waals surface area contributed by atoms with E-state index in [2.05, 4.69) is 23.2 Å². The van der Waals surface area contributed by atoms with Crippen LogP contribution in [0.25, 0.3) is 10.9 Å². The molecule has 0 fully saturated rings. The Morgan fingerprint density at radius 3 is 2.92 bits per heavy atom. The molecule has 0 radical (unpaired) electrons. The van der Waals surface area contributed by atoms with Gasteiger partial charge >= 0.3 is 0 Å². The molecule has 3 N–H and O–H groups in total. The highest BCUT2D eigenvalue weighted by atomic mass is 14.7. The van der Waals surface area contributed by atoms with Gasteiger partial charge in [0.05, 0.1) is 0 Å². The lowest BCUT2D eigenvalue weighted by atomic mass is 10.1. The number of nitrogens with one attached hydrogen (secondary N) is 1. The third-order valence-corrected chi connectivity index (χ3v) is 2.12. The zero-order valence-corrected chi connectivity index (χ0v) is 7.04. The first-order valence-electron chi connectivity index (χ1n) is 4.10. The van der Waals surface area contributed by atoms with E-state index in [4.69, 9.17) is 5.73 Å². The van der Waals surface area contributed by atoms with Crippen molar-refractivity contribution in [1.29, 1.82) is 0 Å². The Morgan fingerprint density at radius 2 is 2.17 bits per heavy atom. The maximum Gasteiger partial charge on any atom is 0.0457 e. The number of benzene rings is 1. The Bertz CT molecular complexity index is 387. The van der Waals surface area contributed by atoms with Crippen LogP contribution in [0.3, 0.4) is 0 Å². The van der Waals surface area contributed by atoms with E-state index >= 15 is 0 Å². The quantitative estimate of drug-likeness (QED) is 0.659. The third kappa shape index (κ3) is 1.01. The lowest BCUT2D eigenvalue weighted by Crippen LogP contribution is -2.04. The summed E-state index contributed by atoms with van der Waals surface area (Å²) in [6.45, 7) is 2.00. The second kappa shape index (κ2) is 2.64. The standard InChI is InChI=1S/C10H12N2/c1-7(11)8-3-2-4-10-9(8)5-6-12-10/h2-7,12H,11H2,1H3/t7-/m1/s1. The van der Waals surface area contributed by atoms with Crippen LogP contribution in [0.2, 0.25) is 0 Å². The number of hydrogen-bond donors (Lipinski definition) is 2. The van der Waals surface area contributed by atoms with Gasteiger partial charge in [0.15, 0.2) is 0 Å². The molecular weight excluding hydrogens is 148 g/mol. The monoisotopic (exact) mass is 160 g/mol. The minimum atomic E-state index is 0.101. The third-order valence-electron chi connectivity index (χ3n) is 2.12. The van der Waals surface area contributed by atoms with E-state index in [-0.39, 0.29) is 6.04 Å². The van der Waals surface area contributed by atoms with Crippen LogP contribution in [0.1, 0.15) is 18.5 Å². The average Bonchev–Trinajstić information content (AvgIpc) is 2.49. The Morgan fingerprint density at radius 1 is 1.33 bits per heavy atom. The summed E-state index contributed by atoms with van der Waals surface area (Å²) in [5.74, 6) is 0. The molecule has 0 aliphatic carbocycles. The molecule has 0 amide bonds. The van der Waals surface area contributed by atoms with Gasteiger partial charge in [-0.05, 0) is 24.6 Å². The Labute approximate surface area is 71.4 Å². The van der Waals surface area contributed by atoms with Gasteiger partial charge in [0.1, 0.15) is 0 Å². The molecule has 1 heterocycles. The van der Waals surface area contributed by atoms with Crippen molar-refractivity contribution in [2.45, 2.75) is 13.0 Å². The average molecular weight is 160 g/mol. The number of H-pyrrole nitrogens is 1. The summed E-state index contributed by atoms with van der Waals surface area (Å²) < 4.78 is 0. The second-order valence-electron chi connectivity index (χ2n) is 3.07. The van der Waals surface area contributed by atoms with Crippen molar-refractivity contribution in [3.05, 3.63) is 36.0 Å². The highest BCUT2D eigenvalue weighted by Gasteiger charge is 2.04. The second-order valence-corrected chi connectivity index (χ2v) is 3.07. The van der Waals surface area contributed by atoms with Crippen molar-refractivity contribution < 1.29 is 0 Å². The van der Waals surface area contributed by atoms with Crippen molar-refractivity contribution >= 4 is 10.9 Å². The summed E-state index contributed by atoms with van der Waals surface area (Å²) in [6, 6.07) is 8.32. The van der Waals surface area contributed by atoms with Gasteiger partial charge in [0.25, 0.3) is 0 Å². The maximum absolute atomic E-state index is 5.83. The summed E-state index contributed by atoms with van der Waals surface area (Å²) in [5.41, 5.74) is 8.18. The number of aromatic amines is 1. The highest BCUT2D eigenvalue weighted by molar-refractivity contribution is 5.83. The van der Waals surface area contributed by atoms with Gasteiger partial charge in [0, 0.05) is 23.1 Å². The number of aromatic nitrogens is 1. The Kier molecular flexibility index (Phi) is 1.62. The molecule has 2 nitrogen and oxygen atoms in total. The molecule has 2 aromatic rings. The first kappa shape index (κ1) is 7.37. The van der Waals surface area contributed by atoms with Gasteiger partial charge < -0.3 is 10.7 Å². The van der Waals surface area contributed by atoms with Crippen molar-refractivity contribution in [3.8, 4) is 0 Å². The topological polar surface area (TPSA) is 41.8 Å². The maximum atomic E-state index is 5.83. The Hall–Kier alpha value is -1.28. The first-order chi connectivity index (χ1) is 5.79. The smallest absolute Gasteiger partial charge is 0.0457 e. The van der Waals surface area contributed by atoms with Gasteiger partial charge in [-0.2, -0.15) is 0 Å². The van der Waals surface area contributed by atoms with Crippen molar-refractivity contribution in [3.63, 3.8) is 0 Å². The Balaban J connectivity index is 2.73. The molecule has 0 saturated carbocycles. The van der Waals surface area contributed by atoms with Crippen LogP contribution in [-0.4, -0.2) is 4.98 Å². The van der Waals surface area contributed by atoms with E-state index in [1.807, 2.05) is 19.2 Å². The van der Waals surface area contributed by atoms with Crippen molar-refractivity contribution in [2.75, 3.05) is 0 Å². The predicted molar refractivity (Wildman–Crippen MR) is 50.9 cm³/mol. The molecule has 1 atom stereocenters. The summed E-state index contributed by atoms with van der Waals surface area (Å²) in [6.07, 6.45) is 1.94. The lowest BCUT2D eigenvalue weighted by Gasteiger charge is -2.06. The van der Waals surface area contributed by atoms with Crippen LogP contribution < -0.4 is 5.73 Å². The van der Waals surface area contributed by atoms with Crippen LogP contribution in [0.15, 0.2) is 30.5 Å². The molecule has 0 saturated heterocycles. The van der Waals surface area contributed by atoms with Gasteiger partial charge in [-0.15, -0.1) is 0 Å². The molecule has 1 aromatic heterocycles. The van der Waals surface area contributed by atoms with Gasteiger partial charge in [0.2, 0.25) is 0 Å². The van der Waals surface area contributed by atoms with E-state index < -0.39 is 0 Å². The van der Waals surface area contributed by atoms with Gasteiger partial charge in [-0.25, -0.2) is 0 Å². The van der Waals surface area contributed by atoms with Crippen molar-refractivity contribution in [2.24, 2.45) is 5.73 Å². The van der Waals surface area contributed by atoms with E-state index in [0.29, 0.717) is 0 Å². The van der Waals surface area contributed by atoms with Crippen LogP contribution in [0, 0.1) is 0 Å². The van der Waals surface area contributed by atoms with Gasteiger partial charge in [-0.3, -0.25) is 0 Å². The minimum absolute atomic E-state index is 0.101. The van der Waals surface area contributed by atoms with E-state index in [9.17, 15) is 0 Å². The van der Waals surface area contributed by atoms with Crippen LogP contribution in [0.4, 0.5) is 0 Å². The molecule has 0 aliphatic rings. The van der Waals surface area contributed by atoms with E-state index in [0.717, 1.165) is 5.52 Å².